The largest absolute Gasteiger partial charge is 0.343 e. The van der Waals surface area contributed by atoms with Crippen molar-refractivity contribution < 1.29 is 0 Å². The highest BCUT2D eigenvalue weighted by atomic mass is 14.9. The van der Waals surface area contributed by atoms with Crippen LogP contribution in [0.4, 0.5) is 0 Å². The van der Waals surface area contributed by atoms with Crippen LogP contribution in [-0.4, -0.2) is 9.97 Å². The smallest absolute Gasteiger partial charge is 0.137 e. The second kappa shape index (κ2) is 4.80. The summed E-state index contributed by atoms with van der Waals surface area (Å²) in [5.41, 5.74) is 2.24. The lowest BCUT2D eigenvalue weighted by Crippen LogP contribution is -1.85. The van der Waals surface area contributed by atoms with E-state index in [2.05, 4.69) is 35.9 Å². The average Bonchev–Trinajstić information content (AvgIpc) is 2.64. The highest BCUT2D eigenvalue weighted by molar-refractivity contribution is 5.76. The maximum atomic E-state index is 4.23. The van der Waals surface area contributed by atoms with E-state index in [1.807, 2.05) is 26.1 Å². The molecule has 14 heavy (non-hydrogen) atoms. The van der Waals surface area contributed by atoms with E-state index in [9.17, 15) is 0 Å². The zero-order valence-corrected chi connectivity index (χ0v) is 9.33. The minimum absolute atomic E-state index is 0.541. The van der Waals surface area contributed by atoms with Gasteiger partial charge in [0.15, 0.2) is 0 Å². The maximum Gasteiger partial charge on any atom is 0.137 e. The molecule has 0 bridgehead atoms. The number of H-pyrrole nitrogens is 1. The summed E-state index contributed by atoms with van der Waals surface area (Å²) in [6.07, 6.45) is 1.81. The van der Waals surface area contributed by atoms with Gasteiger partial charge >= 0.3 is 0 Å². The predicted molar refractivity (Wildman–Crippen MR) is 61.5 cm³/mol. The van der Waals surface area contributed by atoms with Gasteiger partial charge in [0.2, 0.25) is 0 Å². The first-order valence-electron chi connectivity index (χ1n) is 5.21. The molecule has 0 spiro atoms. The summed E-state index contributed by atoms with van der Waals surface area (Å²) in [4.78, 5) is 7.51. The van der Waals surface area contributed by atoms with Crippen molar-refractivity contribution in [2.45, 2.75) is 33.6 Å². The Bertz CT molecular complexity index is 355. The van der Waals surface area contributed by atoms with Crippen LogP contribution in [-0.2, 0) is 0 Å². The molecule has 0 saturated heterocycles. The Morgan fingerprint density at radius 2 is 2.00 bits per heavy atom. The van der Waals surface area contributed by atoms with Crippen LogP contribution in [0.15, 0.2) is 24.4 Å². The van der Waals surface area contributed by atoms with Gasteiger partial charge in [-0.05, 0) is 24.1 Å². The number of hydrogen-bond acceptors (Lipinski definition) is 1. The van der Waals surface area contributed by atoms with E-state index in [0.29, 0.717) is 5.92 Å². The van der Waals surface area contributed by atoms with Gasteiger partial charge in [0.25, 0.3) is 0 Å². The summed E-state index contributed by atoms with van der Waals surface area (Å²) < 4.78 is 0. The van der Waals surface area contributed by atoms with Gasteiger partial charge in [-0.15, -0.1) is 0 Å². The minimum atomic E-state index is 0.541. The third kappa shape index (κ3) is 2.13. The predicted octanol–water partition coefficient (Wildman–Crippen LogP) is 3.71. The SMILES string of the molecule is CC.CC(C)c1cc2cccnc2[nH]1. The Hall–Kier alpha value is -1.31. The van der Waals surface area contributed by atoms with Gasteiger partial charge in [-0.3, -0.25) is 0 Å². The molecule has 0 amide bonds. The zero-order valence-electron chi connectivity index (χ0n) is 9.33. The second-order valence-corrected chi connectivity index (χ2v) is 3.32. The first-order chi connectivity index (χ1) is 6.77. The van der Waals surface area contributed by atoms with Crippen molar-refractivity contribution in [2.75, 3.05) is 0 Å². The molecule has 2 heteroatoms. The summed E-state index contributed by atoms with van der Waals surface area (Å²) in [7, 11) is 0. The van der Waals surface area contributed by atoms with Crippen molar-refractivity contribution in [3.8, 4) is 0 Å². The van der Waals surface area contributed by atoms with Gasteiger partial charge in [0.05, 0.1) is 0 Å². The number of nitrogens with one attached hydrogen (secondary N) is 1. The van der Waals surface area contributed by atoms with Crippen LogP contribution < -0.4 is 0 Å². The Kier molecular flexibility index (Phi) is 3.69. The third-order valence-corrected chi connectivity index (χ3v) is 2.03. The van der Waals surface area contributed by atoms with E-state index in [0.717, 1.165) is 5.65 Å². The molecule has 2 nitrogen and oxygen atoms in total. The molecule has 0 aliphatic rings. The summed E-state index contributed by atoms with van der Waals surface area (Å²) in [5, 5.41) is 1.20. The number of hydrogen-bond donors (Lipinski definition) is 1. The van der Waals surface area contributed by atoms with E-state index in [-0.39, 0.29) is 0 Å². The molecule has 1 N–H and O–H groups in total. The summed E-state index contributed by atoms with van der Waals surface area (Å²) in [6.45, 7) is 8.34. The van der Waals surface area contributed by atoms with Crippen LogP contribution in [0.1, 0.15) is 39.3 Å². The van der Waals surface area contributed by atoms with E-state index in [1.54, 1.807) is 0 Å². The lowest BCUT2D eigenvalue weighted by molar-refractivity contribution is 0.835. The van der Waals surface area contributed by atoms with Gasteiger partial charge < -0.3 is 4.98 Å². The lowest BCUT2D eigenvalue weighted by atomic mass is 10.1. The van der Waals surface area contributed by atoms with Crippen molar-refractivity contribution in [3.05, 3.63) is 30.1 Å². The molecule has 0 saturated carbocycles. The number of aromatic nitrogens is 2. The van der Waals surface area contributed by atoms with Crippen molar-refractivity contribution >= 4 is 11.0 Å². The van der Waals surface area contributed by atoms with Gasteiger partial charge in [-0.2, -0.15) is 0 Å². The van der Waals surface area contributed by atoms with Crippen LogP contribution in [0.25, 0.3) is 11.0 Å². The number of nitrogens with zero attached hydrogens (tertiary/aromatic N) is 1. The van der Waals surface area contributed by atoms with Crippen LogP contribution in [0, 0.1) is 0 Å². The Balaban J connectivity index is 0.000000461. The van der Waals surface area contributed by atoms with Crippen molar-refractivity contribution in [2.24, 2.45) is 0 Å². The monoisotopic (exact) mass is 190 g/mol. The fourth-order valence-electron chi connectivity index (χ4n) is 1.29. The summed E-state index contributed by atoms with van der Waals surface area (Å²) in [6, 6.07) is 6.19. The molecule has 2 rings (SSSR count). The van der Waals surface area contributed by atoms with Crippen molar-refractivity contribution in [3.63, 3.8) is 0 Å². The van der Waals surface area contributed by atoms with Gasteiger partial charge in [0, 0.05) is 17.3 Å². The normalized spacial score (nSPS) is 10.1. The first-order valence-corrected chi connectivity index (χ1v) is 5.21. The number of aromatic amines is 1. The van der Waals surface area contributed by atoms with Gasteiger partial charge in [-0.1, -0.05) is 27.7 Å². The molecule has 76 valence electrons. The van der Waals surface area contributed by atoms with E-state index in [1.165, 1.54) is 11.1 Å². The quantitative estimate of drug-likeness (QED) is 0.729. The number of fused-ring (bicyclic) bond motifs is 1. The molecule has 2 aromatic rings. The molecule has 0 radical (unpaired) electrons. The van der Waals surface area contributed by atoms with Gasteiger partial charge in [-0.25, -0.2) is 4.98 Å². The van der Waals surface area contributed by atoms with Crippen LogP contribution in [0.2, 0.25) is 0 Å². The van der Waals surface area contributed by atoms with E-state index >= 15 is 0 Å². The van der Waals surface area contributed by atoms with Gasteiger partial charge in [0.1, 0.15) is 5.65 Å². The fourth-order valence-corrected chi connectivity index (χ4v) is 1.29. The molecule has 2 heterocycles. The Morgan fingerprint density at radius 3 is 2.57 bits per heavy atom. The molecule has 0 aromatic carbocycles. The highest BCUT2D eigenvalue weighted by Gasteiger charge is 2.03. The molecular formula is C12H18N2. The molecule has 0 aliphatic heterocycles. The topological polar surface area (TPSA) is 28.7 Å². The van der Waals surface area contributed by atoms with Crippen LogP contribution in [0.3, 0.4) is 0 Å². The van der Waals surface area contributed by atoms with Crippen LogP contribution >= 0.6 is 0 Å². The van der Waals surface area contributed by atoms with E-state index in [4.69, 9.17) is 0 Å². The standard InChI is InChI=1S/C10H12N2.C2H6/c1-7(2)9-6-8-4-3-5-11-10(8)12-9;1-2/h3-7H,1-2H3,(H,11,12);1-2H3. The average molecular weight is 190 g/mol. The Labute approximate surface area is 85.4 Å². The summed E-state index contributed by atoms with van der Waals surface area (Å²) in [5.74, 6) is 0.541. The number of pyridine rings is 1. The number of rotatable bonds is 1. The molecule has 2 aromatic heterocycles. The molecule has 0 atom stereocenters. The fraction of sp³-hybridized carbons (Fsp3) is 0.417. The second-order valence-electron chi connectivity index (χ2n) is 3.32. The first kappa shape index (κ1) is 10.8. The zero-order chi connectivity index (χ0) is 10.6. The minimum Gasteiger partial charge on any atom is -0.343 e. The van der Waals surface area contributed by atoms with Crippen molar-refractivity contribution in [1.82, 2.24) is 9.97 Å². The third-order valence-electron chi connectivity index (χ3n) is 2.03. The van der Waals surface area contributed by atoms with Crippen LogP contribution in [0.5, 0.6) is 0 Å². The maximum absolute atomic E-state index is 4.23. The molecule has 0 fully saturated rings. The summed E-state index contributed by atoms with van der Waals surface area (Å²) >= 11 is 0. The van der Waals surface area contributed by atoms with E-state index < -0.39 is 0 Å². The lowest BCUT2D eigenvalue weighted by Gasteiger charge is -1.97. The highest BCUT2D eigenvalue weighted by Crippen LogP contribution is 2.18. The Morgan fingerprint density at radius 1 is 1.29 bits per heavy atom. The molecule has 0 aliphatic carbocycles. The molecular weight excluding hydrogens is 172 g/mol. The van der Waals surface area contributed by atoms with Crippen molar-refractivity contribution in [1.29, 1.82) is 0 Å². The molecule has 0 unspecified atom stereocenters.